The van der Waals surface area contributed by atoms with Crippen LogP contribution in [0.5, 0.6) is 0 Å². The predicted octanol–water partition coefficient (Wildman–Crippen LogP) is 4.48. The molecule has 1 heterocycles. The fraction of sp³-hybridized carbons (Fsp3) is 0.231. The third-order valence-corrected chi connectivity index (χ3v) is 3.45. The van der Waals surface area contributed by atoms with Crippen LogP contribution >= 0.6 is 23.8 Å². The van der Waals surface area contributed by atoms with Crippen LogP contribution in [0.15, 0.2) is 24.3 Å². The molecule has 1 aliphatic carbocycles. The number of nitrogens with zero attached hydrogens (tertiary/aromatic N) is 1. The topological polar surface area (TPSA) is 28.7 Å². The summed E-state index contributed by atoms with van der Waals surface area (Å²) in [6.07, 6.45) is 2.29. The lowest BCUT2D eigenvalue weighted by molar-refractivity contribution is 0.628. The first-order valence-corrected chi connectivity index (χ1v) is 6.49. The monoisotopic (exact) mass is 280 g/mol. The largest absolute Gasteiger partial charge is 0.343 e. The Kier molecular flexibility index (Phi) is 2.92. The molecule has 1 aromatic carbocycles. The highest BCUT2D eigenvalue weighted by molar-refractivity contribution is 7.71. The number of aromatic nitrogens is 2. The van der Waals surface area contributed by atoms with Crippen LogP contribution in [0, 0.1) is 10.5 Å². The van der Waals surface area contributed by atoms with Crippen LogP contribution in [0.4, 0.5) is 4.39 Å². The first kappa shape index (κ1) is 11.8. The number of nitrogens with one attached hydrogen (secondary N) is 1. The van der Waals surface area contributed by atoms with Crippen molar-refractivity contribution < 1.29 is 4.39 Å². The molecule has 1 saturated carbocycles. The van der Waals surface area contributed by atoms with E-state index in [1.54, 1.807) is 18.2 Å². The third-order valence-electron chi connectivity index (χ3n) is 2.96. The van der Waals surface area contributed by atoms with E-state index in [0.717, 1.165) is 29.9 Å². The zero-order chi connectivity index (χ0) is 12.7. The van der Waals surface area contributed by atoms with E-state index >= 15 is 0 Å². The second-order valence-corrected chi connectivity index (χ2v) is 5.25. The molecule has 0 bridgehead atoms. The van der Waals surface area contributed by atoms with Gasteiger partial charge < -0.3 is 4.98 Å². The summed E-state index contributed by atoms with van der Waals surface area (Å²) >= 11 is 10.9. The first-order valence-electron chi connectivity index (χ1n) is 5.70. The molecule has 0 radical (unpaired) electrons. The Hall–Kier alpha value is -1.26. The Morgan fingerprint density at radius 2 is 2.11 bits per heavy atom. The van der Waals surface area contributed by atoms with Crippen molar-refractivity contribution in [2.24, 2.45) is 0 Å². The van der Waals surface area contributed by atoms with E-state index < -0.39 is 5.82 Å². The molecule has 92 valence electrons. The van der Waals surface area contributed by atoms with Gasteiger partial charge >= 0.3 is 0 Å². The number of benzene rings is 1. The van der Waals surface area contributed by atoms with Crippen LogP contribution in [0.1, 0.15) is 24.6 Å². The quantitative estimate of drug-likeness (QED) is 0.822. The van der Waals surface area contributed by atoms with E-state index in [1.807, 2.05) is 0 Å². The first-order chi connectivity index (χ1) is 8.63. The summed E-state index contributed by atoms with van der Waals surface area (Å²) in [6.45, 7) is 0. The van der Waals surface area contributed by atoms with E-state index in [-0.39, 0.29) is 5.02 Å². The minimum Gasteiger partial charge on any atom is -0.343 e. The van der Waals surface area contributed by atoms with Gasteiger partial charge in [-0.05, 0) is 42.7 Å². The second-order valence-electron chi connectivity index (χ2n) is 4.42. The summed E-state index contributed by atoms with van der Waals surface area (Å²) in [4.78, 5) is 7.56. The van der Waals surface area contributed by atoms with E-state index in [9.17, 15) is 4.39 Å². The molecule has 0 saturated heterocycles. The van der Waals surface area contributed by atoms with Crippen molar-refractivity contribution in [1.29, 1.82) is 0 Å². The third kappa shape index (κ3) is 2.31. The van der Waals surface area contributed by atoms with Crippen molar-refractivity contribution in [3.63, 3.8) is 0 Å². The average molecular weight is 281 g/mol. The maximum absolute atomic E-state index is 13.1. The molecule has 1 aromatic heterocycles. The molecule has 1 fully saturated rings. The van der Waals surface area contributed by atoms with Crippen LogP contribution in [-0.2, 0) is 0 Å². The van der Waals surface area contributed by atoms with Crippen molar-refractivity contribution in [1.82, 2.24) is 9.97 Å². The van der Waals surface area contributed by atoms with E-state index in [4.69, 9.17) is 23.8 Å². The van der Waals surface area contributed by atoms with Crippen molar-refractivity contribution in [2.45, 2.75) is 18.8 Å². The Morgan fingerprint density at radius 1 is 1.33 bits per heavy atom. The molecule has 1 N–H and O–H groups in total. The highest BCUT2D eigenvalue weighted by Crippen LogP contribution is 2.38. The Bertz CT molecular complexity index is 664. The number of hydrogen-bond acceptors (Lipinski definition) is 2. The van der Waals surface area contributed by atoms with Gasteiger partial charge in [-0.3, -0.25) is 0 Å². The molecule has 0 atom stereocenters. The van der Waals surface area contributed by atoms with Gasteiger partial charge in [-0.2, -0.15) is 0 Å². The summed E-state index contributed by atoms with van der Waals surface area (Å²) in [7, 11) is 0. The summed E-state index contributed by atoms with van der Waals surface area (Å²) in [5.41, 5.74) is 1.65. The highest BCUT2D eigenvalue weighted by atomic mass is 35.5. The van der Waals surface area contributed by atoms with Crippen molar-refractivity contribution >= 4 is 23.8 Å². The number of rotatable bonds is 2. The van der Waals surface area contributed by atoms with Crippen LogP contribution in [0.25, 0.3) is 11.3 Å². The van der Waals surface area contributed by atoms with Gasteiger partial charge in [-0.25, -0.2) is 9.37 Å². The van der Waals surface area contributed by atoms with Gasteiger partial charge in [0.15, 0.2) is 0 Å². The molecular formula is C13H10ClFN2S. The van der Waals surface area contributed by atoms with Crippen molar-refractivity contribution in [3.8, 4) is 11.3 Å². The van der Waals surface area contributed by atoms with Gasteiger partial charge in [-0.15, -0.1) is 0 Å². The SMILES string of the molecule is Fc1ccc(-c2cc(=S)nc(C3CC3)[nH]2)cc1Cl. The van der Waals surface area contributed by atoms with Crippen molar-refractivity contribution in [2.75, 3.05) is 0 Å². The Morgan fingerprint density at radius 3 is 2.78 bits per heavy atom. The summed E-state index contributed by atoms with van der Waals surface area (Å²) in [5.74, 6) is 0.982. The Labute approximate surface area is 114 Å². The fourth-order valence-corrected chi connectivity index (χ4v) is 2.24. The van der Waals surface area contributed by atoms with E-state index in [0.29, 0.717) is 10.6 Å². The van der Waals surface area contributed by atoms with Gasteiger partial charge in [0.25, 0.3) is 0 Å². The molecule has 0 unspecified atom stereocenters. The molecular weight excluding hydrogens is 271 g/mol. The van der Waals surface area contributed by atoms with E-state index in [2.05, 4.69) is 9.97 Å². The van der Waals surface area contributed by atoms with Crippen LogP contribution < -0.4 is 0 Å². The molecule has 1 aliphatic rings. The predicted molar refractivity (Wildman–Crippen MR) is 71.8 cm³/mol. The molecule has 2 nitrogen and oxygen atoms in total. The molecule has 5 heteroatoms. The lowest BCUT2D eigenvalue weighted by atomic mass is 10.1. The van der Waals surface area contributed by atoms with E-state index in [1.165, 1.54) is 6.07 Å². The number of aromatic amines is 1. The summed E-state index contributed by atoms with van der Waals surface area (Å²) < 4.78 is 13.7. The molecule has 0 amide bonds. The van der Waals surface area contributed by atoms with Crippen LogP contribution in [0.2, 0.25) is 5.02 Å². The number of hydrogen-bond donors (Lipinski definition) is 1. The second kappa shape index (κ2) is 4.44. The molecule has 2 aromatic rings. The molecule has 18 heavy (non-hydrogen) atoms. The lowest BCUT2D eigenvalue weighted by Crippen LogP contribution is -1.95. The fourth-order valence-electron chi connectivity index (χ4n) is 1.85. The van der Waals surface area contributed by atoms with Crippen LogP contribution in [-0.4, -0.2) is 9.97 Å². The van der Waals surface area contributed by atoms with Crippen LogP contribution in [0.3, 0.4) is 0 Å². The van der Waals surface area contributed by atoms with Gasteiger partial charge in [-0.1, -0.05) is 23.8 Å². The summed E-state index contributed by atoms with van der Waals surface area (Å²) in [6, 6.07) is 6.39. The minimum absolute atomic E-state index is 0.108. The highest BCUT2D eigenvalue weighted by Gasteiger charge is 2.26. The zero-order valence-electron chi connectivity index (χ0n) is 9.41. The minimum atomic E-state index is -0.421. The molecule has 0 spiro atoms. The normalized spacial score (nSPS) is 14.8. The molecule has 3 rings (SSSR count). The van der Waals surface area contributed by atoms with Gasteiger partial charge in [0.1, 0.15) is 16.3 Å². The smallest absolute Gasteiger partial charge is 0.141 e. The lowest BCUT2D eigenvalue weighted by Gasteiger charge is -2.06. The standard InChI is InChI=1S/C13H10ClFN2S/c14-9-5-8(3-4-10(9)15)11-6-12(18)17-13(16-11)7-1-2-7/h3-7H,1-2H2,(H,16,17,18). The Balaban J connectivity index is 2.09. The van der Waals surface area contributed by atoms with Gasteiger partial charge in [0, 0.05) is 11.6 Å². The number of H-pyrrole nitrogens is 1. The molecule has 0 aliphatic heterocycles. The zero-order valence-corrected chi connectivity index (χ0v) is 11.0. The number of halogens is 2. The average Bonchev–Trinajstić information content (AvgIpc) is 3.16. The summed E-state index contributed by atoms with van der Waals surface area (Å²) in [5, 5.41) is 0.108. The van der Waals surface area contributed by atoms with Gasteiger partial charge in [0.05, 0.1) is 5.02 Å². The van der Waals surface area contributed by atoms with Gasteiger partial charge in [0.2, 0.25) is 0 Å². The van der Waals surface area contributed by atoms with Crippen molar-refractivity contribution in [3.05, 3.63) is 45.6 Å². The maximum Gasteiger partial charge on any atom is 0.141 e. The maximum atomic E-state index is 13.1.